The van der Waals surface area contributed by atoms with Gasteiger partial charge in [0.25, 0.3) is 0 Å². The maximum absolute atomic E-state index is 13.7. The molecule has 0 saturated heterocycles. The van der Waals surface area contributed by atoms with Gasteiger partial charge >= 0.3 is 6.18 Å². The van der Waals surface area contributed by atoms with E-state index in [-0.39, 0.29) is 10.7 Å². The van der Waals surface area contributed by atoms with Crippen molar-refractivity contribution in [2.75, 3.05) is 14.2 Å². The monoisotopic (exact) mass is 431 g/mol. The van der Waals surface area contributed by atoms with Gasteiger partial charge in [0, 0.05) is 23.7 Å². The quantitative estimate of drug-likeness (QED) is 0.491. The lowest BCUT2D eigenvalue weighted by molar-refractivity contribution is -0.138. The first-order valence-corrected chi connectivity index (χ1v) is 9.62. The number of nitriles is 1. The van der Waals surface area contributed by atoms with Gasteiger partial charge in [-0.05, 0) is 42.0 Å². The van der Waals surface area contributed by atoms with Gasteiger partial charge in [0.15, 0.2) is 11.5 Å². The van der Waals surface area contributed by atoms with E-state index in [9.17, 15) is 18.4 Å². The first-order chi connectivity index (χ1) is 14.4. The number of alkyl halides is 3. The molecule has 2 aromatic heterocycles. The fourth-order valence-electron chi connectivity index (χ4n) is 2.73. The average Bonchev–Trinajstić information content (AvgIpc) is 2.76. The molecule has 0 unspecified atom stereocenters. The molecule has 5 nitrogen and oxygen atoms in total. The van der Waals surface area contributed by atoms with Gasteiger partial charge in [-0.3, -0.25) is 4.98 Å². The highest BCUT2D eigenvalue weighted by molar-refractivity contribution is 7.98. The van der Waals surface area contributed by atoms with Crippen molar-refractivity contribution >= 4 is 11.8 Å². The number of hydrogen-bond donors (Lipinski definition) is 0. The van der Waals surface area contributed by atoms with Crippen LogP contribution in [-0.4, -0.2) is 24.2 Å². The second-order valence-corrected chi connectivity index (χ2v) is 7.02. The number of halogens is 3. The standard InChI is InChI=1S/C21H16F3N3O2S/c1-28-18-4-3-14(9-19(18)29-2)17-10-16(21(22,23)24)15(11-25)20(27-17)30-12-13-5-7-26-8-6-13/h3-10H,12H2,1-2H3. The minimum absolute atomic E-state index is 0.00826. The van der Waals surface area contributed by atoms with Crippen LogP contribution >= 0.6 is 11.8 Å². The van der Waals surface area contributed by atoms with Gasteiger partial charge in [-0.25, -0.2) is 4.98 Å². The predicted octanol–water partition coefficient (Wildman–Crippen LogP) is 5.34. The fourth-order valence-corrected chi connectivity index (χ4v) is 3.69. The molecule has 9 heteroatoms. The maximum Gasteiger partial charge on any atom is 0.417 e. The number of ether oxygens (including phenoxy) is 2. The molecule has 1 aromatic carbocycles. The summed E-state index contributed by atoms with van der Waals surface area (Å²) in [6, 6.07) is 10.8. The zero-order valence-corrected chi connectivity index (χ0v) is 16.8. The van der Waals surface area contributed by atoms with Gasteiger partial charge < -0.3 is 9.47 Å². The Morgan fingerprint density at radius 3 is 2.33 bits per heavy atom. The number of rotatable bonds is 6. The Labute approximate surface area is 175 Å². The number of hydrogen-bond acceptors (Lipinski definition) is 6. The summed E-state index contributed by atoms with van der Waals surface area (Å²) >= 11 is 1.06. The second kappa shape index (κ2) is 9.05. The van der Waals surface area contributed by atoms with E-state index in [1.165, 1.54) is 14.2 Å². The summed E-state index contributed by atoms with van der Waals surface area (Å²) < 4.78 is 51.5. The first-order valence-electron chi connectivity index (χ1n) is 8.63. The number of thioether (sulfide) groups is 1. The lowest BCUT2D eigenvalue weighted by Crippen LogP contribution is -2.10. The van der Waals surface area contributed by atoms with Crippen molar-refractivity contribution in [2.24, 2.45) is 0 Å². The van der Waals surface area contributed by atoms with E-state index in [1.807, 2.05) is 0 Å². The predicted molar refractivity (Wildman–Crippen MR) is 106 cm³/mol. The minimum atomic E-state index is -4.70. The van der Waals surface area contributed by atoms with Gasteiger partial charge in [-0.15, -0.1) is 11.8 Å². The smallest absolute Gasteiger partial charge is 0.417 e. The lowest BCUT2D eigenvalue weighted by atomic mass is 10.0. The van der Waals surface area contributed by atoms with Crippen molar-refractivity contribution < 1.29 is 22.6 Å². The number of benzene rings is 1. The summed E-state index contributed by atoms with van der Waals surface area (Å²) in [5.41, 5.74) is -0.175. The zero-order valence-electron chi connectivity index (χ0n) is 16.0. The first kappa shape index (κ1) is 21.5. The van der Waals surface area contributed by atoms with E-state index in [0.29, 0.717) is 22.8 Å². The van der Waals surface area contributed by atoms with Crippen molar-refractivity contribution in [3.05, 3.63) is 65.5 Å². The highest BCUT2D eigenvalue weighted by Crippen LogP contribution is 2.40. The van der Waals surface area contributed by atoms with Crippen LogP contribution in [0.3, 0.4) is 0 Å². The molecule has 0 radical (unpaired) electrons. The number of aromatic nitrogens is 2. The summed E-state index contributed by atoms with van der Waals surface area (Å²) in [4.78, 5) is 8.28. The average molecular weight is 431 g/mol. The third-order valence-corrected chi connectivity index (χ3v) is 5.25. The molecule has 2 heterocycles. The fraction of sp³-hybridized carbons (Fsp3) is 0.190. The summed E-state index contributed by atoms with van der Waals surface area (Å²) in [6.45, 7) is 0. The Morgan fingerprint density at radius 2 is 1.73 bits per heavy atom. The van der Waals surface area contributed by atoms with Gasteiger partial charge in [0.05, 0.1) is 31.0 Å². The van der Waals surface area contributed by atoms with Crippen LogP contribution in [0.1, 0.15) is 16.7 Å². The van der Waals surface area contributed by atoms with E-state index in [0.717, 1.165) is 23.4 Å². The van der Waals surface area contributed by atoms with Crippen LogP contribution in [-0.2, 0) is 11.9 Å². The van der Waals surface area contributed by atoms with E-state index in [1.54, 1.807) is 48.8 Å². The van der Waals surface area contributed by atoms with Crippen LogP contribution < -0.4 is 9.47 Å². The molecule has 0 amide bonds. The molecule has 0 aliphatic carbocycles. The molecule has 0 bridgehead atoms. The van der Waals surface area contributed by atoms with Crippen molar-refractivity contribution in [1.29, 1.82) is 5.26 Å². The Morgan fingerprint density at radius 1 is 1.03 bits per heavy atom. The van der Waals surface area contributed by atoms with E-state index in [2.05, 4.69) is 9.97 Å². The lowest BCUT2D eigenvalue weighted by Gasteiger charge is -2.15. The third kappa shape index (κ3) is 4.66. The second-order valence-electron chi connectivity index (χ2n) is 6.06. The van der Waals surface area contributed by atoms with E-state index < -0.39 is 17.3 Å². The van der Waals surface area contributed by atoms with Crippen molar-refractivity contribution in [2.45, 2.75) is 17.0 Å². The third-order valence-electron chi connectivity index (χ3n) is 4.21. The van der Waals surface area contributed by atoms with Gasteiger partial charge in [-0.1, -0.05) is 0 Å². The molecule has 154 valence electrons. The van der Waals surface area contributed by atoms with E-state index >= 15 is 0 Å². The molecular formula is C21H16F3N3O2S. The van der Waals surface area contributed by atoms with Crippen molar-refractivity contribution in [3.8, 4) is 28.8 Å². The Balaban J connectivity index is 2.11. The van der Waals surface area contributed by atoms with Crippen LogP contribution in [0.15, 0.2) is 53.8 Å². The minimum Gasteiger partial charge on any atom is -0.493 e. The van der Waals surface area contributed by atoms with Crippen LogP contribution in [0.2, 0.25) is 0 Å². The van der Waals surface area contributed by atoms with Gasteiger partial charge in [0.2, 0.25) is 0 Å². The van der Waals surface area contributed by atoms with Crippen molar-refractivity contribution in [3.63, 3.8) is 0 Å². The van der Waals surface area contributed by atoms with E-state index in [4.69, 9.17) is 9.47 Å². The molecule has 0 spiro atoms. The van der Waals surface area contributed by atoms with Crippen LogP contribution in [0.4, 0.5) is 13.2 Å². The molecular weight excluding hydrogens is 415 g/mol. The summed E-state index contributed by atoms with van der Waals surface area (Å²) in [7, 11) is 2.90. The highest BCUT2D eigenvalue weighted by atomic mass is 32.2. The Bertz CT molecular complexity index is 1080. The maximum atomic E-state index is 13.7. The Kier molecular flexibility index (Phi) is 6.47. The molecule has 0 fully saturated rings. The van der Waals surface area contributed by atoms with Gasteiger partial charge in [0.1, 0.15) is 11.1 Å². The Hall–Kier alpha value is -3.25. The molecule has 0 atom stereocenters. The van der Waals surface area contributed by atoms with Crippen LogP contribution in [0.5, 0.6) is 11.5 Å². The summed E-state index contributed by atoms with van der Waals surface area (Å²) in [5.74, 6) is 1.15. The normalized spacial score (nSPS) is 11.1. The number of nitrogens with zero attached hydrogens (tertiary/aromatic N) is 3. The molecule has 3 rings (SSSR count). The van der Waals surface area contributed by atoms with Crippen LogP contribution in [0.25, 0.3) is 11.3 Å². The number of pyridine rings is 2. The van der Waals surface area contributed by atoms with Crippen LogP contribution in [0, 0.1) is 11.3 Å². The molecule has 30 heavy (non-hydrogen) atoms. The van der Waals surface area contributed by atoms with Gasteiger partial charge in [-0.2, -0.15) is 18.4 Å². The molecule has 3 aromatic rings. The molecule has 0 aliphatic heterocycles. The molecule has 0 aliphatic rings. The molecule has 0 saturated carbocycles. The largest absolute Gasteiger partial charge is 0.493 e. The topological polar surface area (TPSA) is 68.0 Å². The summed E-state index contributed by atoms with van der Waals surface area (Å²) in [5, 5.41) is 9.43. The SMILES string of the molecule is COc1ccc(-c2cc(C(F)(F)F)c(C#N)c(SCc3ccncc3)n2)cc1OC. The highest BCUT2D eigenvalue weighted by Gasteiger charge is 2.36. The molecule has 0 N–H and O–H groups in total. The summed E-state index contributed by atoms with van der Waals surface area (Å²) in [6.07, 6.45) is -1.52. The number of methoxy groups -OCH3 is 2. The zero-order chi connectivity index (χ0) is 21.7. The van der Waals surface area contributed by atoms with Crippen molar-refractivity contribution in [1.82, 2.24) is 9.97 Å².